The maximum absolute atomic E-state index is 10.7. The quantitative estimate of drug-likeness (QED) is 0.476. The van der Waals surface area contributed by atoms with Gasteiger partial charge in [0, 0.05) is 0 Å². The Morgan fingerprint density at radius 2 is 1.62 bits per heavy atom. The summed E-state index contributed by atoms with van der Waals surface area (Å²) in [7, 11) is 0. The van der Waals surface area contributed by atoms with Gasteiger partial charge in [-0.15, -0.1) is 4.91 Å². The number of aromatic nitrogens is 2. The van der Waals surface area contributed by atoms with Gasteiger partial charge in [-0.05, 0) is 11.6 Å². The molecule has 1 rings (SSSR count). The number of anilines is 2. The number of hydrogen-bond acceptors (Lipinski definition) is 7. The van der Waals surface area contributed by atoms with Crippen LogP contribution in [0.2, 0.25) is 0 Å². The summed E-state index contributed by atoms with van der Waals surface area (Å²) in [6.45, 7) is 2.68. The minimum Gasteiger partial charge on any atom is -0.476 e. The van der Waals surface area contributed by atoms with E-state index in [2.05, 4.69) is 22.1 Å². The SMILES string of the molecule is CCCCCCCCCCOc1nc(N)nc(N)c1N=O. The molecule has 0 bridgehead atoms. The number of nitrogens with two attached hydrogens (primary N) is 2. The molecular weight excluding hydrogens is 270 g/mol. The second-order valence-electron chi connectivity index (χ2n) is 5.04. The fourth-order valence-electron chi connectivity index (χ4n) is 2.06. The average Bonchev–Trinajstić information content (AvgIpc) is 2.45. The van der Waals surface area contributed by atoms with Gasteiger partial charge in [0.1, 0.15) is 0 Å². The van der Waals surface area contributed by atoms with Crippen molar-refractivity contribution in [2.45, 2.75) is 58.3 Å². The minimum absolute atomic E-state index is 0.0224. The average molecular weight is 295 g/mol. The monoisotopic (exact) mass is 295 g/mol. The first kappa shape index (κ1) is 17.1. The first-order valence-electron chi connectivity index (χ1n) is 7.58. The van der Waals surface area contributed by atoms with Crippen LogP contribution in [0.4, 0.5) is 17.5 Å². The first-order chi connectivity index (χ1) is 10.2. The van der Waals surface area contributed by atoms with Gasteiger partial charge in [0.2, 0.25) is 11.6 Å². The molecule has 0 aliphatic heterocycles. The van der Waals surface area contributed by atoms with Crippen molar-refractivity contribution < 1.29 is 4.74 Å². The Kier molecular flexibility index (Phi) is 8.08. The lowest BCUT2D eigenvalue weighted by molar-refractivity contribution is 0.294. The summed E-state index contributed by atoms with van der Waals surface area (Å²) < 4.78 is 5.43. The van der Waals surface area contributed by atoms with Crippen molar-refractivity contribution in [3.8, 4) is 5.88 Å². The van der Waals surface area contributed by atoms with Crippen molar-refractivity contribution in [2.75, 3.05) is 18.1 Å². The Bertz CT molecular complexity index is 440. The van der Waals surface area contributed by atoms with Crippen LogP contribution < -0.4 is 16.2 Å². The Hall–Kier alpha value is -1.92. The van der Waals surface area contributed by atoms with E-state index in [4.69, 9.17) is 16.2 Å². The summed E-state index contributed by atoms with van der Waals surface area (Å²) in [5.74, 6) is -0.00723. The van der Waals surface area contributed by atoms with E-state index in [0.29, 0.717) is 6.61 Å². The van der Waals surface area contributed by atoms with Crippen molar-refractivity contribution in [3.05, 3.63) is 4.91 Å². The lowest BCUT2D eigenvalue weighted by Crippen LogP contribution is -2.05. The zero-order valence-corrected chi connectivity index (χ0v) is 12.7. The van der Waals surface area contributed by atoms with Crippen LogP contribution in [0.15, 0.2) is 5.18 Å². The Morgan fingerprint density at radius 3 is 2.24 bits per heavy atom. The summed E-state index contributed by atoms with van der Waals surface area (Å²) in [4.78, 5) is 18.2. The molecule has 21 heavy (non-hydrogen) atoms. The van der Waals surface area contributed by atoms with Crippen LogP contribution in [-0.4, -0.2) is 16.6 Å². The number of nitrogens with zero attached hydrogens (tertiary/aromatic N) is 3. The maximum atomic E-state index is 10.7. The van der Waals surface area contributed by atoms with Gasteiger partial charge in [0.05, 0.1) is 6.61 Å². The number of hydrogen-bond donors (Lipinski definition) is 2. The van der Waals surface area contributed by atoms with E-state index >= 15 is 0 Å². The van der Waals surface area contributed by atoms with E-state index in [1.807, 2.05) is 0 Å². The Balaban J connectivity index is 2.22. The summed E-state index contributed by atoms with van der Waals surface area (Å²) in [5.41, 5.74) is 10.9. The second-order valence-corrected chi connectivity index (χ2v) is 5.04. The number of nitrogen functional groups attached to an aromatic ring is 2. The van der Waals surface area contributed by atoms with Crippen molar-refractivity contribution in [2.24, 2.45) is 5.18 Å². The Labute approximate surface area is 125 Å². The van der Waals surface area contributed by atoms with E-state index in [9.17, 15) is 4.91 Å². The van der Waals surface area contributed by atoms with Gasteiger partial charge in [-0.1, -0.05) is 51.9 Å². The molecule has 0 spiro atoms. The predicted molar refractivity (Wildman–Crippen MR) is 84.4 cm³/mol. The fourth-order valence-corrected chi connectivity index (χ4v) is 2.06. The summed E-state index contributed by atoms with van der Waals surface area (Å²) in [6.07, 6.45) is 9.65. The van der Waals surface area contributed by atoms with E-state index in [-0.39, 0.29) is 23.3 Å². The van der Waals surface area contributed by atoms with Crippen LogP contribution in [0.3, 0.4) is 0 Å². The standard InChI is InChI=1S/C14H25N5O2/c1-2-3-4-5-6-7-8-9-10-21-13-11(19-20)12(15)17-14(16)18-13/h2-10H2,1H3,(H4,15,16,17,18). The number of rotatable bonds is 11. The van der Waals surface area contributed by atoms with Crippen molar-refractivity contribution in [3.63, 3.8) is 0 Å². The second kappa shape index (κ2) is 9.90. The Morgan fingerprint density at radius 1 is 1.00 bits per heavy atom. The van der Waals surface area contributed by atoms with Crippen molar-refractivity contribution in [1.82, 2.24) is 9.97 Å². The predicted octanol–water partition coefficient (Wildman–Crippen LogP) is 3.56. The molecule has 0 amide bonds. The van der Waals surface area contributed by atoms with Gasteiger partial charge in [-0.3, -0.25) is 0 Å². The van der Waals surface area contributed by atoms with Gasteiger partial charge in [-0.2, -0.15) is 9.97 Å². The molecule has 0 atom stereocenters. The zero-order chi connectivity index (χ0) is 15.5. The van der Waals surface area contributed by atoms with Gasteiger partial charge >= 0.3 is 0 Å². The summed E-state index contributed by atoms with van der Waals surface area (Å²) in [6, 6.07) is 0. The van der Waals surface area contributed by atoms with Crippen molar-refractivity contribution >= 4 is 17.5 Å². The van der Waals surface area contributed by atoms with Gasteiger partial charge in [0.15, 0.2) is 5.82 Å². The van der Waals surface area contributed by atoms with Crippen LogP contribution in [0, 0.1) is 4.91 Å². The lowest BCUT2D eigenvalue weighted by atomic mass is 10.1. The topological polar surface area (TPSA) is 116 Å². The van der Waals surface area contributed by atoms with E-state index in [0.717, 1.165) is 12.8 Å². The molecule has 0 unspecified atom stereocenters. The molecule has 7 heteroatoms. The lowest BCUT2D eigenvalue weighted by Gasteiger charge is -2.08. The smallest absolute Gasteiger partial charge is 0.250 e. The number of nitroso groups, excluding NO2 is 1. The molecule has 0 aliphatic carbocycles. The largest absolute Gasteiger partial charge is 0.476 e. The molecule has 0 saturated carbocycles. The molecule has 1 aromatic heterocycles. The van der Waals surface area contributed by atoms with Gasteiger partial charge < -0.3 is 16.2 Å². The summed E-state index contributed by atoms with van der Waals surface area (Å²) in [5, 5.41) is 2.79. The van der Waals surface area contributed by atoms with Gasteiger partial charge in [-0.25, -0.2) is 0 Å². The molecule has 0 radical (unpaired) electrons. The summed E-state index contributed by atoms with van der Waals surface area (Å²) >= 11 is 0. The highest BCUT2D eigenvalue weighted by molar-refractivity contribution is 5.65. The molecule has 4 N–H and O–H groups in total. The highest BCUT2D eigenvalue weighted by atomic mass is 16.5. The van der Waals surface area contributed by atoms with Crippen LogP contribution in [-0.2, 0) is 0 Å². The molecule has 1 aromatic rings. The normalized spacial score (nSPS) is 10.5. The molecule has 0 fully saturated rings. The third-order valence-corrected chi connectivity index (χ3v) is 3.22. The molecule has 1 heterocycles. The third-order valence-electron chi connectivity index (χ3n) is 3.22. The maximum Gasteiger partial charge on any atom is 0.250 e. The molecule has 7 nitrogen and oxygen atoms in total. The molecule has 0 aliphatic rings. The highest BCUT2D eigenvalue weighted by Gasteiger charge is 2.13. The zero-order valence-electron chi connectivity index (χ0n) is 12.7. The van der Waals surface area contributed by atoms with E-state index in [1.165, 1.54) is 38.5 Å². The van der Waals surface area contributed by atoms with E-state index in [1.54, 1.807) is 0 Å². The van der Waals surface area contributed by atoms with E-state index < -0.39 is 0 Å². The molecule has 0 aromatic carbocycles. The fraction of sp³-hybridized carbons (Fsp3) is 0.714. The highest BCUT2D eigenvalue weighted by Crippen LogP contribution is 2.30. The number of unbranched alkanes of at least 4 members (excludes halogenated alkanes) is 7. The first-order valence-corrected chi connectivity index (χ1v) is 7.58. The van der Waals surface area contributed by atoms with Crippen LogP contribution in [0.25, 0.3) is 0 Å². The van der Waals surface area contributed by atoms with Gasteiger partial charge in [0.25, 0.3) is 5.88 Å². The third kappa shape index (κ3) is 6.37. The van der Waals surface area contributed by atoms with Crippen LogP contribution in [0.5, 0.6) is 5.88 Å². The van der Waals surface area contributed by atoms with Crippen molar-refractivity contribution in [1.29, 1.82) is 0 Å². The molecular formula is C14H25N5O2. The minimum atomic E-state index is -0.0798. The van der Waals surface area contributed by atoms with Crippen LogP contribution in [0.1, 0.15) is 58.3 Å². The molecule has 0 saturated heterocycles. The van der Waals surface area contributed by atoms with Crippen LogP contribution >= 0.6 is 0 Å². The molecule has 118 valence electrons. The number of ether oxygens (including phenoxy) is 1.